The van der Waals surface area contributed by atoms with Gasteiger partial charge in [-0.3, -0.25) is 9.69 Å². The summed E-state index contributed by atoms with van der Waals surface area (Å²) in [6.45, 7) is 1.60. The van der Waals surface area contributed by atoms with Crippen LogP contribution in [0.1, 0.15) is 18.5 Å². The molecule has 2 atom stereocenters. The molecule has 9 nitrogen and oxygen atoms in total. The first-order valence-corrected chi connectivity index (χ1v) is 13.8. The standard InChI is InChI=1S/C26H29FN4O5S/c1-35-24-5-4-17(27)12-20(24)19-6-9-28-25-21(19)14-22(29-25)16-7-10-30(11-8-16)18-13-23(26(32)36-2)31(15-18)37(3,33)34/h4-7,9,12,14,18,23H,8,10-11,13,15H2,1-3H3,(H,28,29)/t18?,23-/m0/s1. The number of hydrogen-bond donors (Lipinski definition) is 1. The van der Waals surface area contributed by atoms with Crippen molar-refractivity contribution in [2.45, 2.75) is 24.9 Å². The van der Waals surface area contributed by atoms with Crippen molar-refractivity contribution in [2.75, 3.05) is 40.1 Å². The van der Waals surface area contributed by atoms with Crippen molar-refractivity contribution >= 4 is 32.6 Å². The van der Waals surface area contributed by atoms with E-state index in [1.165, 1.54) is 23.5 Å². The Hall–Kier alpha value is -3.28. The van der Waals surface area contributed by atoms with Gasteiger partial charge in [0.05, 0.1) is 20.5 Å². The van der Waals surface area contributed by atoms with Gasteiger partial charge in [-0.25, -0.2) is 17.8 Å². The van der Waals surface area contributed by atoms with Crippen LogP contribution in [-0.4, -0.2) is 85.8 Å². The SMILES string of the molecule is COC(=O)[C@@H]1CC(N2CC=C(c3cc4c(-c5cc(F)ccc5OC)ccnc4[nH]3)CC2)CN1S(C)(=O)=O. The van der Waals surface area contributed by atoms with Gasteiger partial charge in [-0.2, -0.15) is 4.31 Å². The molecular formula is C26H29FN4O5S. The molecule has 11 heteroatoms. The smallest absolute Gasteiger partial charge is 0.324 e. The molecule has 3 aromatic rings. The lowest BCUT2D eigenvalue weighted by atomic mass is 10.00. The minimum absolute atomic E-state index is 0.0759. The zero-order valence-electron chi connectivity index (χ0n) is 20.9. The number of hydrogen-bond acceptors (Lipinski definition) is 7. The second kappa shape index (κ2) is 9.88. The van der Waals surface area contributed by atoms with Crippen molar-refractivity contribution in [1.82, 2.24) is 19.2 Å². The summed E-state index contributed by atoms with van der Waals surface area (Å²) < 4.78 is 50.1. The molecule has 1 aromatic carbocycles. The Morgan fingerprint density at radius 2 is 2.00 bits per heavy atom. The fraction of sp³-hybridized carbons (Fsp3) is 0.385. The Labute approximate surface area is 214 Å². The van der Waals surface area contributed by atoms with Crippen molar-refractivity contribution in [3.63, 3.8) is 0 Å². The van der Waals surface area contributed by atoms with Crippen LogP contribution in [0.2, 0.25) is 0 Å². The van der Waals surface area contributed by atoms with Gasteiger partial charge >= 0.3 is 5.97 Å². The van der Waals surface area contributed by atoms with Gasteiger partial charge in [0.2, 0.25) is 10.0 Å². The van der Waals surface area contributed by atoms with Crippen molar-refractivity contribution in [1.29, 1.82) is 0 Å². The normalized spacial score (nSPS) is 21.2. The molecule has 1 N–H and O–H groups in total. The molecule has 4 heterocycles. The second-order valence-corrected chi connectivity index (χ2v) is 11.3. The van der Waals surface area contributed by atoms with E-state index in [1.807, 2.05) is 12.1 Å². The van der Waals surface area contributed by atoms with E-state index in [0.717, 1.165) is 41.4 Å². The van der Waals surface area contributed by atoms with Crippen LogP contribution in [0.4, 0.5) is 4.39 Å². The monoisotopic (exact) mass is 528 g/mol. The number of ether oxygens (including phenoxy) is 2. The lowest BCUT2D eigenvalue weighted by molar-refractivity contribution is -0.144. The first-order chi connectivity index (χ1) is 17.7. The van der Waals surface area contributed by atoms with E-state index in [-0.39, 0.29) is 18.4 Å². The van der Waals surface area contributed by atoms with Gasteiger partial charge in [0.25, 0.3) is 0 Å². The topological polar surface area (TPSA) is 105 Å². The molecule has 0 aliphatic carbocycles. The first-order valence-electron chi connectivity index (χ1n) is 12.0. The van der Waals surface area contributed by atoms with E-state index in [1.54, 1.807) is 19.4 Å². The molecule has 196 valence electrons. The molecule has 0 amide bonds. The molecule has 2 aliphatic heterocycles. The second-order valence-electron chi connectivity index (χ2n) is 9.38. The molecular weight excluding hydrogens is 499 g/mol. The zero-order valence-corrected chi connectivity index (χ0v) is 21.7. The fourth-order valence-electron chi connectivity index (χ4n) is 5.35. The molecule has 5 rings (SSSR count). The highest BCUT2D eigenvalue weighted by atomic mass is 32.2. The number of carbonyl (C=O) groups is 1. The number of pyridine rings is 1. The Bertz CT molecular complexity index is 1490. The number of rotatable bonds is 6. The molecule has 0 spiro atoms. The number of methoxy groups -OCH3 is 2. The maximum Gasteiger partial charge on any atom is 0.324 e. The first kappa shape index (κ1) is 25.4. The number of sulfonamides is 1. The number of aromatic nitrogens is 2. The summed E-state index contributed by atoms with van der Waals surface area (Å²) in [6.07, 6.45) is 6.07. The zero-order chi connectivity index (χ0) is 26.3. The third kappa shape index (κ3) is 4.86. The van der Waals surface area contributed by atoms with E-state index in [9.17, 15) is 17.6 Å². The largest absolute Gasteiger partial charge is 0.496 e. The fourth-order valence-corrected chi connectivity index (χ4v) is 6.43. The predicted molar refractivity (Wildman–Crippen MR) is 138 cm³/mol. The minimum Gasteiger partial charge on any atom is -0.496 e. The van der Waals surface area contributed by atoms with E-state index in [0.29, 0.717) is 29.9 Å². The van der Waals surface area contributed by atoms with Crippen molar-refractivity contribution in [2.24, 2.45) is 0 Å². The lowest BCUT2D eigenvalue weighted by Gasteiger charge is -2.31. The van der Waals surface area contributed by atoms with E-state index < -0.39 is 22.0 Å². The summed E-state index contributed by atoms with van der Waals surface area (Å²) in [5.74, 6) is -0.297. The van der Waals surface area contributed by atoms with Crippen LogP contribution in [0, 0.1) is 5.82 Å². The minimum atomic E-state index is -3.54. The van der Waals surface area contributed by atoms with Crippen LogP contribution in [0.25, 0.3) is 27.7 Å². The number of esters is 1. The molecule has 0 saturated carbocycles. The van der Waals surface area contributed by atoms with Gasteiger partial charge in [-0.05, 0) is 54.3 Å². The van der Waals surface area contributed by atoms with Crippen molar-refractivity contribution in [3.8, 4) is 16.9 Å². The molecule has 1 unspecified atom stereocenters. The molecule has 37 heavy (non-hydrogen) atoms. The summed E-state index contributed by atoms with van der Waals surface area (Å²) in [5, 5.41) is 0.866. The van der Waals surface area contributed by atoms with Gasteiger partial charge in [-0.15, -0.1) is 0 Å². The maximum atomic E-state index is 14.1. The van der Waals surface area contributed by atoms with Gasteiger partial charge in [0.15, 0.2) is 0 Å². The van der Waals surface area contributed by atoms with Crippen LogP contribution < -0.4 is 4.74 Å². The van der Waals surface area contributed by atoms with Gasteiger partial charge in [0.1, 0.15) is 23.3 Å². The Balaban J connectivity index is 1.39. The summed E-state index contributed by atoms with van der Waals surface area (Å²) in [4.78, 5) is 22.3. The number of H-pyrrole nitrogens is 1. The molecule has 0 radical (unpaired) electrons. The highest BCUT2D eigenvalue weighted by Crippen LogP contribution is 2.37. The van der Waals surface area contributed by atoms with Crippen LogP contribution >= 0.6 is 0 Å². The lowest BCUT2D eigenvalue weighted by Crippen LogP contribution is -2.42. The average molecular weight is 529 g/mol. The number of carbonyl (C=O) groups excluding carboxylic acids is 1. The number of nitrogens with zero attached hydrogens (tertiary/aromatic N) is 3. The summed E-state index contributed by atoms with van der Waals surface area (Å²) in [7, 11) is -0.702. The Morgan fingerprint density at radius 3 is 2.68 bits per heavy atom. The average Bonchev–Trinajstić information content (AvgIpc) is 3.53. The van der Waals surface area contributed by atoms with Gasteiger partial charge < -0.3 is 14.5 Å². The number of nitrogens with one attached hydrogen (secondary N) is 1. The molecule has 1 fully saturated rings. The Morgan fingerprint density at radius 1 is 1.19 bits per heavy atom. The highest BCUT2D eigenvalue weighted by molar-refractivity contribution is 7.88. The van der Waals surface area contributed by atoms with Crippen LogP contribution in [0.15, 0.2) is 42.6 Å². The number of fused-ring (bicyclic) bond motifs is 1. The van der Waals surface area contributed by atoms with Crippen LogP contribution in [0.5, 0.6) is 5.75 Å². The van der Waals surface area contributed by atoms with Crippen molar-refractivity contribution < 1.29 is 27.1 Å². The molecule has 0 bridgehead atoms. The van der Waals surface area contributed by atoms with Crippen LogP contribution in [-0.2, 0) is 19.6 Å². The number of halogens is 1. The predicted octanol–water partition coefficient (Wildman–Crippen LogP) is 3.04. The Kier molecular flexibility index (Phi) is 6.78. The van der Waals surface area contributed by atoms with Gasteiger partial charge in [0, 0.05) is 48.5 Å². The number of benzene rings is 1. The quantitative estimate of drug-likeness (QED) is 0.491. The third-order valence-electron chi connectivity index (χ3n) is 7.22. The summed E-state index contributed by atoms with van der Waals surface area (Å²) in [6, 6.07) is 7.44. The molecule has 1 saturated heterocycles. The highest BCUT2D eigenvalue weighted by Gasteiger charge is 2.44. The number of aromatic amines is 1. The third-order valence-corrected chi connectivity index (χ3v) is 8.47. The van der Waals surface area contributed by atoms with Crippen LogP contribution in [0.3, 0.4) is 0 Å². The summed E-state index contributed by atoms with van der Waals surface area (Å²) >= 11 is 0. The van der Waals surface area contributed by atoms with Gasteiger partial charge in [-0.1, -0.05) is 6.08 Å². The maximum absolute atomic E-state index is 14.1. The molecule has 2 aromatic heterocycles. The van der Waals surface area contributed by atoms with E-state index in [4.69, 9.17) is 9.47 Å². The van der Waals surface area contributed by atoms with E-state index >= 15 is 0 Å². The summed E-state index contributed by atoms with van der Waals surface area (Å²) in [5.41, 5.74) is 4.22. The van der Waals surface area contributed by atoms with Crippen molar-refractivity contribution in [3.05, 3.63) is 54.1 Å². The molecule has 2 aliphatic rings. The van der Waals surface area contributed by atoms with E-state index in [2.05, 4.69) is 20.9 Å².